The summed E-state index contributed by atoms with van der Waals surface area (Å²) in [7, 11) is 3.13. The van der Waals surface area contributed by atoms with Crippen LogP contribution in [0.5, 0.6) is 0 Å². The molecule has 198 valence electrons. The molecule has 0 spiro atoms. The van der Waals surface area contributed by atoms with Gasteiger partial charge in [-0.15, -0.1) is 23.5 Å². The van der Waals surface area contributed by atoms with E-state index in [1.165, 1.54) is 24.9 Å². The molecule has 0 saturated heterocycles. The first kappa shape index (κ1) is 31.8. The Morgan fingerprint density at radius 2 is 1.36 bits per heavy atom. The molecule has 0 bridgehead atoms. The number of hydrogen-bond acceptors (Lipinski definition) is 9. The minimum atomic E-state index is -1.01. The predicted molar refractivity (Wildman–Crippen MR) is 146 cm³/mol. The maximum Gasteiger partial charge on any atom is 0.321 e. The second-order valence-electron chi connectivity index (χ2n) is 7.50. The number of likely N-dealkylation sites (N-methyl/N-ethyl adjacent to an activating group) is 2. The van der Waals surface area contributed by atoms with Crippen molar-refractivity contribution in [3.05, 3.63) is 55.6 Å². The van der Waals surface area contributed by atoms with E-state index in [1.807, 2.05) is 19.1 Å². The molecule has 0 aliphatic heterocycles. The number of thioether (sulfide) groups is 2. The van der Waals surface area contributed by atoms with Crippen molar-refractivity contribution in [1.29, 1.82) is 0 Å². The highest BCUT2D eigenvalue weighted by molar-refractivity contribution is 7.99. The first-order valence-corrected chi connectivity index (χ1v) is 13.1. The lowest BCUT2D eigenvalue weighted by Gasteiger charge is -2.13. The van der Waals surface area contributed by atoms with E-state index >= 15 is 0 Å². The van der Waals surface area contributed by atoms with Crippen LogP contribution in [0.3, 0.4) is 0 Å². The quantitative estimate of drug-likeness (QED) is 0.111. The maximum absolute atomic E-state index is 11.0. The fourth-order valence-corrected chi connectivity index (χ4v) is 5.85. The summed E-state index contributed by atoms with van der Waals surface area (Å²) in [5, 5.41) is 34.9. The van der Waals surface area contributed by atoms with E-state index < -0.39 is 28.9 Å². The molecule has 0 amide bonds. The molecule has 0 aliphatic carbocycles. The van der Waals surface area contributed by atoms with Gasteiger partial charge in [0.1, 0.15) is 17.0 Å². The molecule has 2 aromatic rings. The van der Waals surface area contributed by atoms with Crippen molar-refractivity contribution in [3.63, 3.8) is 0 Å². The third kappa shape index (κ3) is 9.68. The van der Waals surface area contributed by atoms with Gasteiger partial charge >= 0.3 is 11.9 Å². The molecule has 0 unspecified atom stereocenters. The van der Waals surface area contributed by atoms with E-state index in [9.17, 15) is 19.7 Å². The standard InChI is InChI=1S/C11H13ClN2O4S.C11H15ClN2O2S/c1-6-3-7(12)10(9(4-6)14(17)18)19-5-8(13-2)11(15)16;1-6-3-7(12)10(8(13)4-6)17-5-9(14-2)11(15)16/h3-4,8,13H,5H2,1-2H3,(H,15,16);3-4,9,14H,5,13H2,1-2H3,(H,15,16)/t8-;9-/m00/s1. The van der Waals surface area contributed by atoms with Crippen molar-refractivity contribution in [1.82, 2.24) is 10.6 Å². The Hall–Kier alpha value is -2.22. The molecule has 0 aromatic heterocycles. The van der Waals surface area contributed by atoms with Gasteiger partial charge in [-0.2, -0.15) is 0 Å². The van der Waals surface area contributed by atoms with Crippen LogP contribution in [0.2, 0.25) is 10.0 Å². The summed E-state index contributed by atoms with van der Waals surface area (Å²) in [6, 6.07) is 5.27. The average molecular weight is 580 g/mol. The second kappa shape index (κ2) is 15.1. The Kier molecular flexibility index (Phi) is 13.4. The number of carboxylic acids is 2. The molecule has 0 aliphatic rings. The fraction of sp³-hybridized carbons (Fsp3) is 0.364. The van der Waals surface area contributed by atoms with Gasteiger partial charge in [0.15, 0.2) is 0 Å². The van der Waals surface area contributed by atoms with Crippen LogP contribution >= 0.6 is 46.7 Å². The Morgan fingerprint density at radius 3 is 1.75 bits per heavy atom. The van der Waals surface area contributed by atoms with Gasteiger partial charge in [-0.25, -0.2) is 0 Å². The van der Waals surface area contributed by atoms with Gasteiger partial charge in [0.25, 0.3) is 5.69 Å². The number of aliphatic carboxylic acids is 2. The van der Waals surface area contributed by atoms with Crippen LogP contribution in [0, 0.1) is 24.0 Å². The van der Waals surface area contributed by atoms with E-state index in [0.717, 1.165) is 22.2 Å². The zero-order valence-electron chi connectivity index (χ0n) is 20.0. The van der Waals surface area contributed by atoms with Crippen molar-refractivity contribution >= 4 is 70.0 Å². The van der Waals surface area contributed by atoms with Gasteiger partial charge in [0, 0.05) is 28.2 Å². The zero-order valence-corrected chi connectivity index (χ0v) is 23.1. The Balaban J connectivity index is 0.000000362. The van der Waals surface area contributed by atoms with E-state index in [-0.39, 0.29) is 16.5 Å². The number of carbonyl (C=O) groups is 2. The van der Waals surface area contributed by atoms with E-state index in [1.54, 1.807) is 20.0 Å². The summed E-state index contributed by atoms with van der Waals surface area (Å²) in [5.74, 6) is -1.38. The van der Waals surface area contributed by atoms with Crippen molar-refractivity contribution in [2.75, 3.05) is 31.3 Å². The number of nitro groups is 1. The minimum Gasteiger partial charge on any atom is -0.480 e. The molecule has 2 rings (SSSR count). The van der Waals surface area contributed by atoms with Gasteiger partial charge in [0.05, 0.1) is 15.0 Å². The number of nitro benzene ring substituents is 1. The van der Waals surface area contributed by atoms with Crippen molar-refractivity contribution in [2.24, 2.45) is 0 Å². The fourth-order valence-electron chi connectivity index (χ4n) is 2.79. The molecular formula is C22H28Cl2N4O6S2. The van der Waals surface area contributed by atoms with E-state index in [0.29, 0.717) is 26.9 Å². The van der Waals surface area contributed by atoms with Crippen LogP contribution in [0.25, 0.3) is 0 Å². The number of carboxylic acid groups (broad SMARTS) is 2. The number of nitrogen functional groups attached to an aromatic ring is 1. The smallest absolute Gasteiger partial charge is 0.321 e. The monoisotopic (exact) mass is 578 g/mol. The summed E-state index contributed by atoms with van der Waals surface area (Å²) in [6.45, 7) is 3.62. The SMILES string of the molecule is CN[C@@H](CSc1c(Cl)cc(C)cc1[N+](=O)[O-])C(=O)O.CN[C@@H](CSc1c(N)cc(C)cc1Cl)C(=O)O. The summed E-state index contributed by atoms with van der Waals surface area (Å²) in [6.07, 6.45) is 0. The number of hydrogen-bond donors (Lipinski definition) is 5. The van der Waals surface area contributed by atoms with Crippen LogP contribution in [0.15, 0.2) is 34.1 Å². The zero-order chi connectivity index (χ0) is 27.6. The summed E-state index contributed by atoms with van der Waals surface area (Å²) >= 11 is 14.5. The Labute approximate surface area is 227 Å². The molecule has 2 atom stereocenters. The number of nitrogens with zero attached hydrogens (tertiary/aromatic N) is 1. The first-order chi connectivity index (χ1) is 16.8. The second-order valence-corrected chi connectivity index (χ2v) is 10.4. The van der Waals surface area contributed by atoms with E-state index in [4.69, 9.17) is 39.1 Å². The van der Waals surface area contributed by atoms with Gasteiger partial charge in [-0.1, -0.05) is 23.2 Å². The molecule has 36 heavy (non-hydrogen) atoms. The van der Waals surface area contributed by atoms with Gasteiger partial charge < -0.3 is 26.6 Å². The summed E-state index contributed by atoms with van der Waals surface area (Å²) < 4.78 is 0. The molecule has 10 nitrogen and oxygen atoms in total. The van der Waals surface area contributed by atoms with Crippen LogP contribution in [-0.2, 0) is 9.59 Å². The van der Waals surface area contributed by atoms with Crippen LogP contribution in [0.1, 0.15) is 11.1 Å². The molecule has 6 N–H and O–H groups in total. The third-order valence-electron chi connectivity index (χ3n) is 4.66. The largest absolute Gasteiger partial charge is 0.480 e. The number of nitrogens with two attached hydrogens (primary N) is 1. The average Bonchev–Trinajstić information content (AvgIpc) is 2.76. The number of aryl methyl sites for hydroxylation is 2. The number of halogens is 2. The molecular weight excluding hydrogens is 551 g/mol. The number of nitrogens with one attached hydrogen (secondary N) is 2. The number of rotatable bonds is 11. The van der Waals surface area contributed by atoms with Gasteiger partial charge in [-0.05, 0) is 57.3 Å². The van der Waals surface area contributed by atoms with Gasteiger partial charge in [0.2, 0.25) is 0 Å². The van der Waals surface area contributed by atoms with Crippen LogP contribution in [0.4, 0.5) is 11.4 Å². The topological polar surface area (TPSA) is 168 Å². The van der Waals surface area contributed by atoms with Crippen LogP contribution < -0.4 is 16.4 Å². The van der Waals surface area contributed by atoms with E-state index in [2.05, 4.69) is 10.6 Å². The van der Waals surface area contributed by atoms with Gasteiger partial charge in [-0.3, -0.25) is 19.7 Å². The highest BCUT2D eigenvalue weighted by Crippen LogP contribution is 2.37. The predicted octanol–water partition coefficient (Wildman–Crippen LogP) is 4.32. The summed E-state index contributed by atoms with van der Waals surface area (Å²) in [4.78, 5) is 33.2. The lowest BCUT2D eigenvalue weighted by atomic mass is 10.2. The molecule has 0 radical (unpaired) electrons. The van der Waals surface area contributed by atoms with Crippen LogP contribution in [-0.4, -0.2) is 64.8 Å². The Bertz CT molecular complexity index is 1080. The van der Waals surface area contributed by atoms with Crippen molar-refractivity contribution in [2.45, 2.75) is 35.7 Å². The first-order valence-electron chi connectivity index (χ1n) is 10.4. The van der Waals surface area contributed by atoms with Crippen molar-refractivity contribution < 1.29 is 24.7 Å². The number of anilines is 1. The third-order valence-corrected chi connectivity index (χ3v) is 7.95. The molecule has 0 saturated carbocycles. The highest BCUT2D eigenvalue weighted by Gasteiger charge is 2.22. The molecule has 0 fully saturated rings. The normalized spacial score (nSPS) is 12.3. The van der Waals surface area contributed by atoms with Crippen molar-refractivity contribution in [3.8, 4) is 0 Å². The minimum absolute atomic E-state index is 0.102. The maximum atomic E-state index is 11.0. The highest BCUT2D eigenvalue weighted by atomic mass is 35.5. The lowest BCUT2D eigenvalue weighted by molar-refractivity contribution is -0.387. The molecule has 0 heterocycles. The molecule has 2 aromatic carbocycles. The lowest BCUT2D eigenvalue weighted by Crippen LogP contribution is -2.35. The molecule has 14 heteroatoms. The summed E-state index contributed by atoms with van der Waals surface area (Å²) in [5.41, 5.74) is 8.01. The number of benzene rings is 2. The Morgan fingerprint density at radius 1 is 0.944 bits per heavy atom.